The highest BCUT2D eigenvalue weighted by molar-refractivity contribution is 5.83. The van der Waals surface area contributed by atoms with Crippen LogP contribution in [0.5, 0.6) is 0 Å². The summed E-state index contributed by atoms with van der Waals surface area (Å²) in [5.74, 6) is 0.239. The standard InChI is InChI=1S/C11H17N5O/c12-7-8-4-5-14-11(15-8)16-6-2-1-3-9(16)10(13)17/h4-5,9H,1-3,6-7,12H2,(H2,13,17). The lowest BCUT2D eigenvalue weighted by molar-refractivity contribution is -0.119. The molecule has 0 aromatic carbocycles. The van der Waals surface area contributed by atoms with Gasteiger partial charge in [0.25, 0.3) is 0 Å². The summed E-state index contributed by atoms with van der Waals surface area (Å²) in [6, 6.07) is 1.48. The molecule has 1 aromatic heterocycles. The molecular formula is C11H17N5O. The van der Waals surface area contributed by atoms with E-state index in [2.05, 4.69) is 9.97 Å². The summed E-state index contributed by atoms with van der Waals surface area (Å²) in [6.45, 7) is 1.13. The number of carbonyl (C=O) groups excluding carboxylic acids is 1. The Labute approximate surface area is 100 Å². The maximum absolute atomic E-state index is 11.4. The Bertz CT molecular complexity index is 409. The van der Waals surface area contributed by atoms with Crippen LogP contribution in [0.15, 0.2) is 12.3 Å². The first-order chi connectivity index (χ1) is 8.22. The summed E-state index contributed by atoms with van der Waals surface area (Å²) in [4.78, 5) is 21.8. The lowest BCUT2D eigenvalue weighted by atomic mass is 10.0. The predicted octanol–water partition coefficient (Wildman–Crippen LogP) is -0.221. The Kier molecular flexibility index (Phi) is 3.53. The maximum atomic E-state index is 11.4. The molecule has 92 valence electrons. The molecule has 17 heavy (non-hydrogen) atoms. The zero-order valence-electron chi connectivity index (χ0n) is 9.67. The third kappa shape index (κ3) is 2.52. The monoisotopic (exact) mass is 235 g/mol. The van der Waals surface area contributed by atoms with Gasteiger partial charge in [0, 0.05) is 19.3 Å². The van der Waals surface area contributed by atoms with Gasteiger partial charge in [0.15, 0.2) is 0 Å². The van der Waals surface area contributed by atoms with Crippen LogP contribution in [0, 0.1) is 0 Å². The van der Waals surface area contributed by atoms with Crippen LogP contribution in [0.2, 0.25) is 0 Å². The van der Waals surface area contributed by atoms with Crippen molar-refractivity contribution in [3.05, 3.63) is 18.0 Å². The number of carbonyl (C=O) groups is 1. The fourth-order valence-corrected chi connectivity index (χ4v) is 2.10. The SMILES string of the molecule is NCc1ccnc(N2CCCCC2C(N)=O)n1. The van der Waals surface area contributed by atoms with Crippen LogP contribution in [-0.4, -0.2) is 28.5 Å². The number of hydrogen-bond donors (Lipinski definition) is 2. The number of hydrogen-bond acceptors (Lipinski definition) is 5. The molecule has 0 bridgehead atoms. The molecule has 2 heterocycles. The minimum Gasteiger partial charge on any atom is -0.368 e. The van der Waals surface area contributed by atoms with Gasteiger partial charge in [-0.25, -0.2) is 9.97 Å². The van der Waals surface area contributed by atoms with Gasteiger partial charge < -0.3 is 16.4 Å². The van der Waals surface area contributed by atoms with Crippen molar-refractivity contribution in [1.29, 1.82) is 0 Å². The van der Waals surface area contributed by atoms with E-state index in [9.17, 15) is 4.79 Å². The van der Waals surface area contributed by atoms with E-state index < -0.39 is 0 Å². The average molecular weight is 235 g/mol. The number of aromatic nitrogens is 2. The molecular weight excluding hydrogens is 218 g/mol. The van der Waals surface area contributed by atoms with Crippen molar-refractivity contribution in [2.75, 3.05) is 11.4 Å². The highest BCUT2D eigenvalue weighted by atomic mass is 16.1. The molecule has 1 amide bonds. The summed E-state index contributed by atoms with van der Waals surface area (Å²) in [6.07, 6.45) is 4.48. The Hall–Kier alpha value is -1.69. The van der Waals surface area contributed by atoms with Gasteiger partial charge in [0.2, 0.25) is 11.9 Å². The maximum Gasteiger partial charge on any atom is 0.240 e. The van der Waals surface area contributed by atoms with E-state index in [0.717, 1.165) is 31.5 Å². The number of amides is 1. The van der Waals surface area contributed by atoms with Crippen LogP contribution < -0.4 is 16.4 Å². The Morgan fingerprint density at radius 3 is 3.06 bits per heavy atom. The second-order valence-electron chi connectivity index (χ2n) is 4.16. The van der Waals surface area contributed by atoms with Gasteiger partial charge in [0.1, 0.15) is 6.04 Å². The number of primary amides is 1. The third-order valence-electron chi connectivity index (χ3n) is 3.00. The van der Waals surface area contributed by atoms with Crippen LogP contribution in [0.1, 0.15) is 25.0 Å². The molecule has 1 fully saturated rings. The van der Waals surface area contributed by atoms with Crippen LogP contribution >= 0.6 is 0 Å². The summed E-state index contributed by atoms with van der Waals surface area (Å²) >= 11 is 0. The van der Waals surface area contributed by atoms with Gasteiger partial charge in [-0.2, -0.15) is 0 Å². The Morgan fingerprint density at radius 2 is 2.35 bits per heavy atom. The van der Waals surface area contributed by atoms with Gasteiger partial charge in [-0.15, -0.1) is 0 Å². The molecule has 1 aliphatic rings. The normalized spacial score (nSPS) is 20.3. The first kappa shape index (κ1) is 11.8. The minimum atomic E-state index is -0.313. The summed E-state index contributed by atoms with van der Waals surface area (Å²) in [7, 11) is 0. The van der Waals surface area contributed by atoms with Gasteiger partial charge >= 0.3 is 0 Å². The molecule has 2 rings (SSSR count). The van der Waals surface area contributed by atoms with E-state index in [1.807, 2.05) is 4.90 Å². The molecule has 1 aliphatic heterocycles. The van der Waals surface area contributed by atoms with Gasteiger partial charge in [-0.05, 0) is 25.3 Å². The van der Waals surface area contributed by atoms with Gasteiger partial charge in [0.05, 0.1) is 5.69 Å². The summed E-state index contributed by atoms with van der Waals surface area (Å²) < 4.78 is 0. The fourth-order valence-electron chi connectivity index (χ4n) is 2.10. The lowest BCUT2D eigenvalue weighted by Crippen LogP contribution is -2.48. The smallest absolute Gasteiger partial charge is 0.240 e. The van der Waals surface area contributed by atoms with Crippen LogP contribution in [0.3, 0.4) is 0 Å². The zero-order valence-corrected chi connectivity index (χ0v) is 9.67. The number of anilines is 1. The first-order valence-electron chi connectivity index (χ1n) is 5.80. The summed E-state index contributed by atoms with van der Waals surface area (Å²) in [5.41, 5.74) is 11.7. The van der Waals surface area contributed by atoms with Crippen molar-refractivity contribution < 1.29 is 4.79 Å². The second-order valence-corrected chi connectivity index (χ2v) is 4.16. The average Bonchev–Trinajstić information content (AvgIpc) is 2.39. The molecule has 1 aromatic rings. The van der Waals surface area contributed by atoms with Crippen molar-refractivity contribution in [3.8, 4) is 0 Å². The molecule has 4 N–H and O–H groups in total. The lowest BCUT2D eigenvalue weighted by Gasteiger charge is -2.33. The number of rotatable bonds is 3. The van der Waals surface area contributed by atoms with Crippen molar-refractivity contribution in [1.82, 2.24) is 9.97 Å². The largest absolute Gasteiger partial charge is 0.368 e. The van der Waals surface area contributed by atoms with Crippen molar-refractivity contribution in [2.45, 2.75) is 31.8 Å². The van der Waals surface area contributed by atoms with Crippen molar-refractivity contribution in [3.63, 3.8) is 0 Å². The molecule has 1 atom stereocenters. The number of nitrogens with zero attached hydrogens (tertiary/aromatic N) is 3. The molecule has 1 saturated heterocycles. The molecule has 0 aliphatic carbocycles. The van der Waals surface area contributed by atoms with Crippen molar-refractivity contribution in [2.24, 2.45) is 11.5 Å². The van der Waals surface area contributed by atoms with Gasteiger partial charge in [-0.1, -0.05) is 0 Å². The van der Waals surface area contributed by atoms with E-state index in [1.54, 1.807) is 12.3 Å². The highest BCUT2D eigenvalue weighted by Gasteiger charge is 2.28. The second kappa shape index (κ2) is 5.09. The topological polar surface area (TPSA) is 98.1 Å². The zero-order chi connectivity index (χ0) is 12.3. The molecule has 1 unspecified atom stereocenters. The van der Waals surface area contributed by atoms with Crippen LogP contribution in [0.4, 0.5) is 5.95 Å². The van der Waals surface area contributed by atoms with E-state index in [0.29, 0.717) is 12.5 Å². The van der Waals surface area contributed by atoms with E-state index in [1.165, 1.54) is 0 Å². The summed E-state index contributed by atoms with van der Waals surface area (Å²) in [5, 5.41) is 0. The van der Waals surface area contributed by atoms with E-state index in [4.69, 9.17) is 11.5 Å². The highest BCUT2D eigenvalue weighted by Crippen LogP contribution is 2.21. The predicted molar refractivity (Wildman–Crippen MR) is 64.1 cm³/mol. The fraction of sp³-hybridized carbons (Fsp3) is 0.545. The van der Waals surface area contributed by atoms with E-state index >= 15 is 0 Å². The van der Waals surface area contributed by atoms with Crippen LogP contribution in [-0.2, 0) is 11.3 Å². The molecule has 0 saturated carbocycles. The third-order valence-corrected chi connectivity index (χ3v) is 3.00. The van der Waals surface area contributed by atoms with Crippen LogP contribution in [0.25, 0.3) is 0 Å². The number of piperidine rings is 1. The minimum absolute atomic E-state index is 0.295. The molecule has 6 nitrogen and oxygen atoms in total. The number of nitrogens with two attached hydrogens (primary N) is 2. The van der Waals surface area contributed by atoms with Gasteiger partial charge in [-0.3, -0.25) is 4.79 Å². The Balaban J connectivity index is 2.26. The molecule has 0 spiro atoms. The molecule has 0 radical (unpaired) electrons. The van der Waals surface area contributed by atoms with E-state index in [-0.39, 0.29) is 11.9 Å². The first-order valence-corrected chi connectivity index (χ1v) is 5.80. The quantitative estimate of drug-likeness (QED) is 0.754. The molecule has 6 heteroatoms. The van der Waals surface area contributed by atoms with Crippen molar-refractivity contribution >= 4 is 11.9 Å². The Morgan fingerprint density at radius 1 is 1.53 bits per heavy atom.